The summed E-state index contributed by atoms with van der Waals surface area (Å²) in [6.45, 7) is 7.15. The number of hydrogen-bond acceptors (Lipinski definition) is 2. The van der Waals surface area contributed by atoms with Crippen LogP contribution in [0.25, 0.3) is 0 Å². The highest BCUT2D eigenvalue weighted by Crippen LogP contribution is 2.34. The largest absolute Gasteiger partial charge is 0.495 e. The summed E-state index contributed by atoms with van der Waals surface area (Å²) in [5.74, 6) is 0.696. The Hall–Kier alpha value is -1.28. The maximum absolute atomic E-state index is 10.4. The Morgan fingerprint density at radius 2 is 1.94 bits per heavy atom. The lowest BCUT2D eigenvalue weighted by atomic mass is 9.82. The molecule has 0 fully saturated rings. The average molecular weight is 232 g/mol. The summed E-state index contributed by atoms with van der Waals surface area (Å²) < 4.78 is 5.45. The highest BCUT2D eigenvalue weighted by Gasteiger charge is 2.25. The van der Waals surface area contributed by atoms with Crippen LogP contribution < -0.4 is 0 Å². The van der Waals surface area contributed by atoms with E-state index in [0.29, 0.717) is 12.4 Å². The zero-order valence-electron chi connectivity index (χ0n) is 10.7. The topological polar surface area (TPSA) is 29.5 Å². The van der Waals surface area contributed by atoms with Crippen molar-refractivity contribution in [1.82, 2.24) is 0 Å². The molecule has 1 aliphatic heterocycles. The molecule has 1 aromatic carbocycles. The summed E-state index contributed by atoms with van der Waals surface area (Å²) >= 11 is 0. The van der Waals surface area contributed by atoms with E-state index in [0.717, 1.165) is 12.0 Å². The van der Waals surface area contributed by atoms with Crippen LogP contribution in [0, 0.1) is 0 Å². The van der Waals surface area contributed by atoms with Gasteiger partial charge in [-0.25, -0.2) is 0 Å². The molecule has 0 amide bonds. The van der Waals surface area contributed by atoms with Crippen LogP contribution in [0.4, 0.5) is 0 Å². The van der Waals surface area contributed by atoms with Crippen molar-refractivity contribution in [1.29, 1.82) is 0 Å². The molecule has 2 rings (SSSR count). The number of aliphatic hydroxyl groups is 1. The lowest BCUT2D eigenvalue weighted by molar-refractivity contribution is 0.117. The van der Waals surface area contributed by atoms with E-state index in [-0.39, 0.29) is 5.41 Å². The van der Waals surface area contributed by atoms with Crippen molar-refractivity contribution in [2.75, 3.05) is 6.61 Å². The second kappa shape index (κ2) is 4.53. The van der Waals surface area contributed by atoms with E-state index < -0.39 is 6.10 Å². The van der Waals surface area contributed by atoms with Gasteiger partial charge in [-0.3, -0.25) is 0 Å². The van der Waals surface area contributed by atoms with Crippen molar-refractivity contribution in [3.05, 3.63) is 47.2 Å². The quantitative estimate of drug-likeness (QED) is 0.847. The van der Waals surface area contributed by atoms with Gasteiger partial charge in [0.15, 0.2) is 0 Å². The number of rotatable bonds is 2. The van der Waals surface area contributed by atoms with Gasteiger partial charge in [0, 0.05) is 6.42 Å². The first-order chi connectivity index (χ1) is 8.00. The fourth-order valence-electron chi connectivity index (χ4n) is 2.20. The monoisotopic (exact) mass is 232 g/mol. The van der Waals surface area contributed by atoms with Gasteiger partial charge < -0.3 is 9.84 Å². The molecule has 1 aromatic rings. The van der Waals surface area contributed by atoms with E-state index in [4.69, 9.17) is 4.74 Å². The molecule has 1 aliphatic rings. The van der Waals surface area contributed by atoms with Crippen molar-refractivity contribution in [2.24, 2.45) is 0 Å². The van der Waals surface area contributed by atoms with Crippen LogP contribution in [0.3, 0.4) is 0 Å². The maximum Gasteiger partial charge on any atom is 0.136 e. The number of benzene rings is 1. The first-order valence-electron chi connectivity index (χ1n) is 6.10. The molecule has 0 spiro atoms. The van der Waals surface area contributed by atoms with Gasteiger partial charge in [0.25, 0.3) is 0 Å². The minimum absolute atomic E-state index is 0.0245. The van der Waals surface area contributed by atoms with Crippen molar-refractivity contribution in [3.63, 3.8) is 0 Å². The van der Waals surface area contributed by atoms with E-state index in [9.17, 15) is 5.11 Å². The van der Waals surface area contributed by atoms with Gasteiger partial charge in [0.2, 0.25) is 0 Å². The van der Waals surface area contributed by atoms with Crippen LogP contribution in [0.15, 0.2) is 36.1 Å². The summed E-state index contributed by atoms with van der Waals surface area (Å²) in [4.78, 5) is 0. The Labute approximate surface area is 103 Å². The van der Waals surface area contributed by atoms with Crippen LogP contribution in [-0.2, 0) is 10.2 Å². The normalized spacial score (nSPS) is 17.5. The summed E-state index contributed by atoms with van der Waals surface area (Å²) in [6.07, 6.45) is 2.24. The summed E-state index contributed by atoms with van der Waals surface area (Å²) in [5.41, 5.74) is 2.15. The van der Waals surface area contributed by atoms with E-state index in [1.807, 2.05) is 24.3 Å². The number of ether oxygens (including phenoxy) is 1. The summed E-state index contributed by atoms with van der Waals surface area (Å²) in [5, 5.41) is 10.4. The zero-order valence-corrected chi connectivity index (χ0v) is 10.7. The second-order valence-electron chi connectivity index (χ2n) is 5.48. The highest BCUT2D eigenvalue weighted by molar-refractivity contribution is 5.37. The minimum Gasteiger partial charge on any atom is -0.495 e. The average Bonchev–Trinajstić information content (AvgIpc) is 2.80. The zero-order chi connectivity index (χ0) is 12.5. The third-order valence-corrected chi connectivity index (χ3v) is 3.06. The van der Waals surface area contributed by atoms with Crippen molar-refractivity contribution < 1.29 is 9.84 Å². The molecular formula is C15H20O2. The second-order valence-corrected chi connectivity index (χ2v) is 5.48. The molecule has 2 nitrogen and oxygen atoms in total. The minimum atomic E-state index is -0.632. The van der Waals surface area contributed by atoms with E-state index in [1.54, 1.807) is 0 Å². The van der Waals surface area contributed by atoms with E-state index in [2.05, 4.69) is 26.8 Å². The lowest BCUT2D eigenvalue weighted by Crippen LogP contribution is -2.17. The smallest absolute Gasteiger partial charge is 0.136 e. The molecule has 0 bridgehead atoms. The standard InChI is InChI=1S/C15H20O2/c1-15(2,3)12-8-5-4-7-11(12)14(16)13-9-6-10-17-13/h4-5,7-9,14,16H,6,10H2,1-3H3. The van der Waals surface area contributed by atoms with Gasteiger partial charge in [-0.05, 0) is 22.6 Å². The molecule has 92 valence electrons. The molecule has 0 aromatic heterocycles. The van der Waals surface area contributed by atoms with Crippen LogP contribution in [0.1, 0.15) is 44.4 Å². The SMILES string of the molecule is CC(C)(C)c1ccccc1C(O)C1=CCCO1. The lowest BCUT2D eigenvalue weighted by Gasteiger charge is -2.25. The Kier molecular flexibility index (Phi) is 3.25. The van der Waals surface area contributed by atoms with Crippen LogP contribution in [-0.4, -0.2) is 11.7 Å². The molecule has 1 heterocycles. The van der Waals surface area contributed by atoms with Crippen molar-refractivity contribution >= 4 is 0 Å². The molecule has 17 heavy (non-hydrogen) atoms. The first-order valence-corrected chi connectivity index (χ1v) is 6.10. The van der Waals surface area contributed by atoms with Gasteiger partial charge in [0.05, 0.1) is 6.61 Å². The highest BCUT2D eigenvalue weighted by atomic mass is 16.5. The van der Waals surface area contributed by atoms with Crippen molar-refractivity contribution in [2.45, 2.75) is 38.7 Å². The van der Waals surface area contributed by atoms with Gasteiger partial charge in [-0.2, -0.15) is 0 Å². The number of hydrogen-bond donors (Lipinski definition) is 1. The molecule has 1 unspecified atom stereocenters. The summed E-state index contributed by atoms with van der Waals surface area (Å²) in [7, 11) is 0. The molecule has 1 atom stereocenters. The first kappa shape index (κ1) is 12.2. The van der Waals surface area contributed by atoms with Gasteiger partial charge >= 0.3 is 0 Å². The Morgan fingerprint density at radius 3 is 2.53 bits per heavy atom. The molecule has 1 N–H and O–H groups in total. The van der Waals surface area contributed by atoms with Crippen LogP contribution in [0.5, 0.6) is 0 Å². The fraction of sp³-hybridized carbons (Fsp3) is 0.467. The predicted molar refractivity (Wildman–Crippen MR) is 68.8 cm³/mol. The van der Waals surface area contributed by atoms with Crippen LogP contribution >= 0.6 is 0 Å². The van der Waals surface area contributed by atoms with Gasteiger partial charge in [-0.1, -0.05) is 45.0 Å². The molecule has 0 radical (unpaired) electrons. The van der Waals surface area contributed by atoms with Crippen molar-refractivity contribution in [3.8, 4) is 0 Å². The molecule has 0 saturated carbocycles. The van der Waals surface area contributed by atoms with Gasteiger partial charge in [0.1, 0.15) is 11.9 Å². The third kappa shape index (κ3) is 2.52. The molecule has 0 aliphatic carbocycles. The van der Waals surface area contributed by atoms with E-state index in [1.165, 1.54) is 5.56 Å². The fourth-order valence-corrected chi connectivity index (χ4v) is 2.20. The van der Waals surface area contributed by atoms with E-state index >= 15 is 0 Å². The predicted octanol–water partition coefficient (Wildman–Crippen LogP) is 3.32. The van der Waals surface area contributed by atoms with Gasteiger partial charge in [-0.15, -0.1) is 0 Å². The van der Waals surface area contributed by atoms with Crippen LogP contribution in [0.2, 0.25) is 0 Å². The maximum atomic E-state index is 10.4. The molecular weight excluding hydrogens is 212 g/mol. The number of aliphatic hydroxyl groups excluding tert-OH is 1. The third-order valence-electron chi connectivity index (χ3n) is 3.06. The summed E-state index contributed by atoms with van der Waals surface area (Å²) in [6, 6.07) is 8.03. The molecule has 0 saturated heterocycles. The Bertz CT molecular complexity index is 427. The Balaban J connectivity index is 2.38. The Morgan fingerprint density at radius 1 is 1.24 bits per heavy atom. The molecule has 2 heteroatoms.